The van der Waals surface area contributed by atoms with E-state index in [1.807, 2.05) is 6.07 Å². The number of hydrogen-bond acceptors (Lipinski definition) is 2. The number of ketones is 1. The Bertz CT molecular complexity index is 565. The highest BCUT2D eigenvalue weighted by Crippen LogP contribution is 2.54. The van der Waals surface area contributed by atoms with Crippen LogP contribution in [-0.2, 0) is 11.2 Å². The van der Waals surface area contributed by atoms with E-state index in [0.717, 1.165) is 50.9 Å². The van der Waals surface area contributed by atoms with E-state index in [1.54, 1.807) is 0 Å². The van der Waals surface area contributed by atoms with Gasteiger partial charge in [-0.3, -0.25) is 4.79 Å². The highest BCUT2D eigenvalue weighted by molar-refractivity contribution is 5.82. The lowest BCUT2D eigenvalue weighted by atomic mass is 9.63. The molecule has 2 heteroatoms. The Morgan fingerprint density at radius 2 is 2.17 bits per heavy atom. The predicted molar refractivity (Wildman–Crippen MR) is 98.3 cm³/mol. The molecule has 2 aliphatic rings. The molecule has 0 aliphatic heterocycles. The van der Waals surface area contributed by atoms with Gasteiger partial charge in [-0.05, 0) is 67.6 Å². The standard InChI is InChI=1S/C22H32O2/c1-3-4-15-24-18-8-5-7-17(16-18)10-11-19-20-9-6-13-22(20,2)14-12-21(19)23/h5,7-8,16,19-20H,3-4,6,9-15H2,1-2H3/t19?,20-,22-/m0/s1. The molecule has 24 heavy (non-hydrogen) atoms. The molecule has 0 N–H and O–H groups in total. The molecule has 2 nitrogen and oxygen atoms in total. The third-order valence-electron chi connectivity index (χ3n) is 6.41. The van der Waals surface area contributed by atoms with Crippen molar-refractivity contribution >= 4 is 5.78 Å². The molecule has 3 atom stereocenters. The number of fused-ring (bicyclic) bond motifs is 1. The van der Waals surface area contributed by atoms with Crippen LogP contribution in [0.3, 0.4) is 0 Å². The lowest BCUT2D eigenvalue weighted by Crippen LogP contribution is -2.38. The Morgan fingerprint density at radius 1 is 1.29 bits per heavy atom. The number of hydrogen-bond donors (Lipinski definition) is 0. The molecule has 0 aromatic heterocycles. The van der Waals surface area contributed by atoms with E-state index in [2.05, 4.69) is 32.0 Å². The first kappa shape index (κ1) is 17.5. The van der Waals surface area contributed by atoms with Crippen molar-refractivity contribution in [3.8, 4) is 5.75 Å². The summed E-state index contributed by atoms with van der Waals surface area (Å²) in [5.74, 6) is 2.41. The molecule has 1 aromatic carbocycles. The summed E-state index contributed by atoms with van der Waals surface area (Å²) in [7, 11) is 0. The summed E-state index contributed by atoms with van der Waals surface area (Å²) in [6, 6.07) is 8.46. The van der Waals surface area contributed by atoms with Gasteiger partial charge in [0.1, 0.15) is 11.5 Å². The molecule has 132 valence electrons. The van der Waals surface area contributed by atoms with Crippen LogP contribution >= 0.6 is 0 Å². The Balaban J connectivity index is 1.60. The van der Waals surface area contributed by atoms with Gasteiger partial charge in [0.05, 0.1) is 6.61 Å². The zero-order chi connectivity index (χ0) is 17.0. The summed E-state index contributed by atoms with van der Waals surface area (Å²) in [6.45, 7) is 5.39. The van der Waals surface area contributed by atoms with Crippen molar-refractivity contribution in [2.75, 3.05) is 6.61 Å². The Kier molecular flexibility index (Phi) is 5.63. The van der Waals surface area contributed by atoms with Gasteiger partial charge in [0.25, 0.3) is 0 Å². The maximum absolute atomic E-state index is 12.5. The molecule has 0 amide bonds. The number of carbonyl (C=O) groups is 1. The lowest BCUT2D eigenvalue weighted by molar-refractivity contribution is -0.130. The van der Waals surface area contributed by atoms with Gasteiger partial charge < -0.3 is 4.74 Å². The van der Waals surface area contributed by atoms with Gasteiger partial charge in [0.2, 0.25) is 0 Å². The zero-order valence-corrected chi connectivity index (χ0v) is 15.4. The summed E-state index contributed by atoms with van der Waals surface area (Å²) in [4.78, 5) is 12.5. The SMILES string of the molecule is CCCCOc1cccc(CCC2C(=O)CC[C@]3(C)CCC[C@@H]23)c1. The normalized spacial score (nSPS) is 29.5. The maximum Gasteiger partial charge on any atom is 0.136 e. The second-order valence-electron chi connectivity index (χ2n) is 8.11. The smallest absolute Gasteiger partial charge is 0.136 e. The molecular formula is C22H32O2. The third kappa shape index (κ3) is 3.84. The summed E-state index contributed by atoms with van der Waals surface area (Å²) < 4.78 is 5.82. The minimum atomic E-state index is 0.288. The third-order valence-corrected chi connectivity index (χ3v) is 6.41. The molecule has 0 saturated heterocycles. The molecule has 2 fully saturated rings. The monoisotopic (exact) mass is 328 g/mol. The molecule has 0 spiro atoms. The van der Waals surface area contributed by atoms with Crippen LogP contribution in [0.4, 0.5) is 0 Å². The highest BCUT2D eigenvalue weighted by atomic mass is 16.5. The second kappa shape index (κ2) is 7.72. The van der Waals surface area contributed by atoms with Gasteiger partial charge in [-0.25, -0.2) is 0 Å². The molecular weight excluding hydrogens is 296 g/mol. The quantitative estimate of drug-likeness (QED) is 0.610. The van der Waals surface area contributed by atoms with Gasteiger partial charge in [-0.15, -0.1) is 0 Å². The average molecular weight is 328 g/mol. The number of Topliss-reactive ketones (excluding diaryl/α,β-unsaturated/α-hetero) is 1. The molecule has 2 saturated carbocycles. The van der Waals surface area contributed by atoms with Crippen LogP contribution < -0.4 is 4.74 Å². The topological polar surface area (TPSA) is 26.3 Å². The van der Waals surface area contributed by atoms with Crippen LogP contribution in [0.25, 0.3) is 0 Å². The number of benzene rings is 1. The van der Waals surface area contributed by atoms with Gasteiger partial charge >= 0.3 is 0 Å². The van der Waals surface area contributed by atoms with E-state index < -0.39 is 0 Å². The van der Waals surface area contributed by atoms with Gasteiger partial charge in [-0.1, -0.05) is 38.8 Å². The van der Waals surface area contributed by atoms with Crippen molar-refractivity contribution in [1.82, 2.24) is 0 Å². The summed E-state index contributed by atoms with van der Waals surface area (Å²) in [5, 5.41) is 0. The van der Waals surface area contributed by atoms with Crippen molar-refractivity contribution in [2.24, 2.45) is 17.3 Å². The van der Waals surface area contributed by atoms with Crippen molar-refractivity contribution in [2.45, 2.75) is 71.6 Å². The van der Waals surface area contributed by atoms with Crippen LogP contribution in [-0.4, -0.2) is 12.4 Å². The fourth-order valence-electron chi connectivity index (χ4n) is 4.88. The number of unbranched alkanes of at least 4 members (excludes halogenated alkanes) is 1. The highest BCUT2D eigenvalue weighted by Gasteiger charge is 2.48. The Hall–Kier alpha value is -1.31. The van der Waals surface area contributed by atoms with Gasteiger partial charge in [-0.2, -0.15) is 0 Å². The first-order valence-electron chi connectivity index (χ1n) is 9.87. The van der Waals surface area contributed by atoms with Crippen LogP contribution in [0.1, 0.15) is 70.8 Å². The number of ether oxygens (including phenoxy) is 1. The van der Waals surface area contributed by atoms with Crippen molar-refractivity contribution in [3.05, 3.63) is 29.8 Å². The zero-order valence-electron chi connectivity index (χ0n) is 15.4. The summed E-state index contributed by atoms with van der Waals surface area (Å²) in [5.41, 5.74) is 1.74. The van der Waals surface area contributed by atoms with Crippen LogP contribution in [0.2, 0.25) is 0 Å². The summed E-state index contributed by atoms with van der Waals surface area (Å²) >= 11 is 0. The first-order chi connectivity index (χ1) is 11.6. The maximum atomic E-state index is 12.5. The number of carbonyl (C=O) groups excluding carboxylic acids is 1. The van der Waals surface area contributed by atoms with E-state index in [4.69, 9.17) is 4.74 Å². The fourth-order valence-corrected chi connectivity index (χ4v) is 4.88. The molecule has 0 radical (unpaired) electrons. The Morgan fingerprint density at radius 3 is 3.00 bits per heavy atom. The van der Waals surface area contributed by atoms with Crippen molar-refractivity contribution in [1.29, 1.82) is 0 Å². The minimum Gasteiger partial charge on any atom is -0.494 e. The summed E-state index contributed by atoms with van der Waals surface area (Å²) in [6.07, 6.45) is 10.1. The number of aryl methyl sites for hydroxylation is 1. The van der Waals surface area contributed by atoms with E-state index in [-0.39, 0.29) is 5.92 Å². The van der Waals surface area contributed by atoms with E-state index in [1.165, 1.54) is 24.8 Å². The largest absolute Gasteiger partial charge is 0.494 e. The fraction of sp³-hybridized carbons (Fsp3) is 0.682. The van der Waals surface area contributed by atoms with Crippen LogP contribution in [0.15, 0.2) is 24.3 Å². The molecule has 0 heterocycles. The second-order valence-corrected chi connectivity index (χ2v) is 8.11. The molecule has 1 aromatic rings. The molecule has 1 unspecified atom stereocenters. The predicted octanol–water partition coefficient (Wildman–Crippen LogP) is 5.58. The molecule has 3 rings (SSSR count). The molecule has 0 bridgehead atoms. The lowest BCUT2D eigenvalue weighted by Gasteiger charge is -2.41. The Labute approximate surface area is 147 Å². The van der Waals surface area contributed by atoms with Gasteiger partial charge in [0, 0.05) is 12.3 Å². The first-order valence-corrected chi connectivity index (χ1v) is 9.87. The van der Waals surface area contributed by atoms with E-state index >= 15 is 0 Å². The van der Waals surface area contributed by atoms with Crippen LogP contribution in [0, 0.1) is 17.3 Å². The minimum absolute atomic E-state index is 0.288. The van der Waals surface area contributed by atoms with E-state index in [0.29, 0.717) is 17.1 Å². The van der Waals surface area contributed by atoms with Crippen molar-refractivity contribution in [3.63, 3.8) is 0 Å². The van der Waals surface area contributed by atoms with Crippen molar-refractivity contribution < 1.29 is 9.53 Å². The van der Waals surface area contributed by atoms with Gasteiger partial charge in [0.15, 0.2) is 0 Å². The molecule has 2 aliphatic carbocycles. The average Bonchev–Trinajstić information content (AvgIpc) is 2.97. The van der Waals surface area contributed by atoms with Crippen LogP contribution in [0.5, 0.6) is 5.75 Å². The van der Waals surface area contributed by atoms with E-state index in [9.17, 15) is 4.79 Å². The number of rotatable bonds is 7.